The van der Waals surface area contributed by atoms with Gasteiger partial charge >= 0.3 is 0 Å². The Hall–Kier alpha value is -1.06. The van der Waals surface area contributed by atoms with Gasteiger partial charge in [0.05, 0.1) is 5.69 Å². The van der Waals surface area contributed by atoms with Gasteiger partial charge in [-0.15, -0.1) is 11.8 Å². The first-order valence-electron chi connectivity index (χ1n) is 5.97. The normalized spacial score (nSPS) is 17.8. The highest BCUT2D eigenvalue weighted by atomic mass is 32.2. The fraction of sp³-hybridized carbons (Fsp3) is 0.200. The van der Waals surface area contributed by atoms with E-state index in [1.165, 1.54) is 16.1 Å². The van der Waals surface area contributed by atoms with Gasteiger partial charge < -0.3 is 4.90 Å². The van der Waals surface area contributed by atoms with Crippen molar-refractivity contribution in [3.63, 3.8) is 0 Å². The Morgan fingerprint density at radius 2 is 1.78 bits per heavy atom. The lowest BCUT2D eigenvalue weighted by Gasteiger charge is -2.25. The molecule has 0 fully saturated rings. The summed E-state index contributed by atoms with van der Waals surface area (Å²) in [6, 6.07) is 19.4. The molecule has 1 heterocycles. The second-order valence-electron chi connectivity index (χ2n) is 4.24. The molecular weight excluding hydrogens is 258 g/mol. The molecule has 0 N–H and O–H groups in total. The molecule has 0 amide bonds. The van der Waals surface area contributed by atoms with Crippen LogP contribution >= 0.6 is 23.5 Å². The second-order valence-corrected chi connectivity index (χ2v) is 6.58. The van der Waals surface area contributed by atoms with Crippen molar-refractivity contribution in [2.75, 3.05) is 11.2 Å². The molecule has 0 radical (unpaired) electrons. The average molecular weight is 273 g/mol. The second kappa shape index (κ2) is 5.29. The van der Waals surface area contributed by atoms with Gasteiger partial charge in [0.2, 0.25) is 0 Å². The average Bonchev–Trinajstić information content (AvgIpc) is 2.78. The van der Waals surface area contributed by atoms with Gasteiger partial charge in [0, 0.05) is 11.4 Å². The van der Waals surface area contributed by atoms with Crippen LogP contribution in [0.2, 0.25) is 0 Å². The Morgan fingerprint density at radius 3 is 2.56 bits per heavy atom. The van der Waals surface area contributed by atoms with E-state index in [1.54, 1.807) is 0 Å². The summed E-state index contributed by atoms with van der Waals surface area (Å²) in [5.41, 5.74) is 2.74. The van der Waals surface area contributed by atoms with Gasteiger partial charge in [0.25, 0.3) is 0 Å². The first-order chi connectivity index (χ1) is 8.88. The maximum absolute atomic E-state index is 2.49. The standard InChI is InChI=1S/C15H15NS2/c1-17-15-16(11-12-7-3-2-4-8-12)13-9-5-6-10-14(13)18-15/h2-10,15H,11H2,1H3. The van der Waals surface area contributed by atoms with E-state index in [-0.39, 0.29) is 0 Å². The van der Waals surface area contributed by atoms with Crippen LogP contribution in [-0.4, -0.2) is 11.0 Å². The fourth-order valence-corrected chi connectivity index (χ4v) is 4.33. The number of hydrogen-bond acceptors (Lipinski definition) is 3. The number of anilines is 1. The molecular formula is C15H15NS2. The predicted octanol–water partition coefficient (Wildman–Crippen LogP) is 4.45. The number of thioether (sulfide) groups is 2. The number of hydrogen-bond donors (Lipinski definition) is 0. The van der Waals surface area contributed by atoms with Crippen molar-refractivity contribution in [2.24, 2.45) is 0 Å². The third kappa shape index (κ3) is 2.25. The topological polar surface area (TPSA) is 3.24 Å². The van der Waals surface area contributed by atoms with E-state index < -0.39 is 0 Å². The van der Waals surface area contributed by atoms with Crippen LogP contribution in [0.4, 0.5) is 5.69 Å². The minimum Gasteiger partial charge on any atom is -0.345 e. The molecule has 2 aromatic rings. The van der Waals surface area contributed by atoms with Crippen molar-refractivity contribution in [3.8, 4) is 0 Å². The molecule has 2 aromatic carbocycles. The third-order valence-corrected chi connectivity index (χ3v) is 5.63. The molecule has 92 valence electrons. The summed E-state index contributed by atoms with van der Waals surface area (Å²) in [5.74, 6) is 0. The smallest absolute Gasteiger partial charge is 0.127 e. The summed E-state index contributed by atoms with van der Waals surface area (Å²) in [5, 5.41) is 0. The van der Waals surface area contributed by atoms with Gasteiger partial charge in [-0.1, -0.05) is 54.2 Å². The molecule has 3 rings (SSSR count). The monoisotopic (exact) mass is 273 g/mol. The molecule has 0 spiro atoms. The quantitative estimate of drug-likeness (QED) is 0.813. The Kier molecular flexibility index (Phi) is 3.52. The molecule has 1 unspecified atom stereocenters. The van der Waals surface area contributed by atoms with Crippen molar-refractivity contribution in [1.82, 2.24) is 0 Å². The lowest BCUT2D eigenvalue weighted by molar-refractivity contribution is 0.883. The van der Waals surface area contributed by atoms with Gasteiger partial charge in [-0.3, -0.25) is 0 Å². The molecule has 1 aliphatic rings. The minimum atomic E-state index is 0.489. The van der Waals surface area contributed by atoms with Gasteiger partial charge in [-0.2, -0.15) is 0 Å². The van der Waals surface area contributed by atoms with Crippen LogP contribution in [0.25, 0.3) is 0 Å². The maximum Gasteiger partial charge on any atom is 0.127 e. The molecule has 0 bridgehead atoms. The number of fused-ring (bicyclic) bond motifs is 1. The Balaban J connectivity index is 1.90. The van der Waals surface area contributed by atoms with E-state index in [9.17, 15) is 0 Å². The summed E-state index contributed by atoms with van der Waals surface area (Å²) in [6.45, 7) is 0.982. The molecule has 1 nitrogen and oxygen atoms in total. The van der Waals surface area contributed by atoms with E-state index in [0.717, 1.165) is 6.54 Å². The van der Waals surface area contributed by atoms with E-state index in [0.29, 0.717) is 4.71 Å². The fourth-order valence-electron chi connectivity index (χ4n) is 2.20. The van der Waals surface area contributed by atoms with Gasteiger partial charge in [0.1, 0.15) is 4.71 Å². The van der Waals surface area contributed by atoms with E-state index in [1.807, 2.05) is 23.5 Å². The number of rotatable bonds is 3. The predicted molar refractivity (Wildman–Crippen MR) is 82.2 cm³/mol. The number of nitrogens with zero attached hydrogens (tertiary/aromatic N) is 1. The third-order valence-electron chi connectivity index (χ3n) is 3.05. The molecule has 0 aromatic heterocycles. The van der Waals surface area contributed by atoms with Crippen molar-refractivity contribution in [3.05, 3.63) is 60.2 Å². The summed E-state index contributed by atoms with van der Waals surface area (Å²) >= 11 is 3.86. The van der Waals surface area contributed by atoms with Gasteiger partial charge in [-0.25, -0.2) is 0 Å². The highest BCUT2D eigenvalue weighted by Gasteiger charge is 2.28. The van der Waals surface area contributed by atoms with Crippen molar-refractivity contribution < 1.29 is 0 Å². The van der Waals surface area contributed by atoms with E-state index in [4.69, 9.17) is 0 Å². The van der Waals surface area contributed by atoms with Crippen LogP contribution < -0.4 is 4.90 Å². The van der Waals surface area contributed by atoms with Crippen LogP contribution in [0.3, 0.4) is 0 Å². The lowest BCUT2D eigenvalue weighted by Crippen LogP contribution is -2.25. The number of benzene rings is 2. The molecule has 1 atom stereocenters. The first kappa shape index (κ1) is 12.0. The Labute approximate surface area is 117 Å². The van der Waals surface area contributed by atoms with Gasteiger partial charge in [-0.05, 0) is 24.0 Å². The zero-order valence-corrected chi connectivity index (χ0v) is 11.9. The van der Waals surface area contributed by atoms with Crippen LogP contribution in [0.5, 0.6) is 0 Å². The van der Waals surface area contributed by atoms with Gasteiger partial charge in [0.15, 0.2) is 0 Å². The summed E-state index contributed by atoms with van der Waals surface area (Å²) in [6.07, 6.45) is 2.18. The van der Waals surface area contributed by atoms with Crippen LogP contribution in [0, 0.1) is 0 Å². The van der Waals surface area contributed by atoms with Crippen LogP contribution in [-0.2, 0) is 6.54 Å². The van der Waals surface area contributed by atoms with Crippen molar-refractivity contribution in [2.45, 2.75) is 16.1 Å². The largest absolute Gasteiger partial charge is 0.345 e. The van der Waals surface area contributed by atoms with Crippen molar-refractivity contribution in [1.29, 1.82) is 0 Å². The van der Waals surface area contributed by atoms with E-state index >= 15 is 0 Å². The van der Waals surface area contributed by atoms with Crippen molar-refractivity contribution >= 4 is 29.2 Å². The molecule has 1 aliphatic heterocycles. The zero-order chi connectivity index (χ0) is 12.4. The van der Waals surface area contributed by atoms with E-state index in [2.05, 4.69) is 65.8 Å². The number of para-hydroxylation sites is 1. The SMILES string of the molecule is CSC1Sc2ccccc2N1Cc1ccccc1. The Morgan fingerprint density at radius 1 is 1.06 bits per heavy atom. The molecule has 0 aliphatic carbocycles. The molecule has 18 heavy (non-hydrogen) atoms. The highest BCUT2D eigenvalue weighted by Crippen LogP contribution is 2.47. The lowest BCUT2D eigenvalue weighted by atomic mass is 10.2. The highest BCUT2D eigenvalue weighted by molar-refractivity contribution is 8.17. The summed E-state index contributed by atoms with van der Waals surface area (Å²) in [4.78, 5) is 3.88. The molecule has 0 saturated carbocycles. The summed E-state index contributed by atoms with van der Waals surface area (Å²) < 4.78 is 0.489. The zero-order valence-electron chi connectivity index (χ0n) is 10.2. The summed E-state index contributed by atoms with van der Waals surface area (Å²) in [7, 11) is 0. The first-order valence-corrected chi connectivity index (χ1v) is 8.14. The minimum absolute atomic E-state index is 0.489. The molecule has 0 saturated heterocycles. The van der Waals surface area contributed by atoms with Crippen LogP contribution in [0.15, 0.2) is 59.5 Å². The molecule has 3 heteroatoms. The Bertz CT molecular complexity index is 527. The van der Waals surface area contributed by atoms with Crippen LogP contribution in [0.1, 0.15) is 5.56 Å². The maximum atomic E-state index is 2.49.